The van der Waals surface area contributed by atoms with Gasteiger partial charge in [-0.05, 0) is 37.1 Å². The molecule has 0 aliphatic carbocycles. The molecule has 3 heterocycles. The van der Waals surface area contributed by atoms with Crippen LogP contribution in [-0.4, -0.2) is 39.4 Å². The molecule has 1 atom stereocenters. The van der Waals surface area contributed by atoms with E-state index in [4.69, 9.17) is 21.3 Å². The fourth-order valence-electron chi connectivity index (χ4n) is 3.73. The highest BCUT2D eigenvalue weighted by molar-refractivity contribution is 6.31. The molecule has 2 aromatic heterocycles. The molecule has 0 amide bonds. The summed E-state index contributed by atoms with van der Waals surface area (Å²) in [4.78, 5) is 7.12. The Morgan fingerprint density at radius 2 is 2.03 bits per heavy atom. The highest BCUT2D eigenvalue weighted by atomic mass is 35.5. The fraction of sp³-hybridized carbons (Fsp3) is 0.391. The van der Waals surface area contributed by atoms with Crippen molar-refractivity contribution in [3.8, 4) is 0 Å². The molecule has 152 valence electrons. The van der Waals surface area contributed by atoms with Gasteiger partial charge in [-0.3, -0.25) is 14.6 Å². The maximum Gasteiger partial charge on any atom is 0.112 e. The lowest BCUT2D eigenvalue weighted by atomic mass is 10.1. The lowest BCUT2D eigenvalue weighted by Gasteiger charge is -2.32. The van der Waals surface area contributed by atoms with Crippen LogP contribution >= 0.6 is 11.6 Å². The zero-order chi connectivity index (χ0) is 20.2. The Bertz CT molecular complexity index is 954. The number of nitrogens with zero attached hydrogens (tertiary/aromatic N) is 4. The molecule has 0 unspecified atom stereocenters. The van der Waals surface area contributed by atoms with Crippen molar-refractivity contribution < 1.29 is 4.74 Å². The average Bonchev–Trinajstić information content (AvgIpc) is 3.10. The summed E-state index contributed by atoms with van der Waals surface area (Å²) in [7, 11) is 0. The second-order valence-corrected chi connectivity index (χ2v) is 7.96. The van der Waals surface area contributed by atoms with Gasteiger partial charge in [-0.15, -0.1) is 0 Å². The smallest absolute Gasteiger partial charge is 0.112 e. The third-order valence-corrected chi connectivity index (χ3v) is 5.82. The van der Waals surface area contributed by atoms with Crippen LogP contribution in [0.4, 0.5) is 0 Å². The van der Waals surface area contributed by atoms with E-state index in [1.807, 2.05) is 29.1 Å². The van der Waals surface area contributed by atoms with Gasteiger partial charge in [-0.1, -0.05) is 35.9 Å². The summed E-state index contributed by atoms with van der Waals surface area (Å²) >= 11 is 6.28. The van der Waals surface area contributed by atoms with Crippen molar-refractivity contribution in [1.82, 2.24) is 19.7 Å². The number of aromatic nitrogens is 3. The van der Waals surface area contributed by atoms with E-state index < -0.39 is 0 Å². The number of pyridine rings is 1. The third-order valence-electron chi connectivity index (χ3n) is 5.45. The van der Waals surface area contributed by atoms with Crippen LogP contribution in [0.1, 0.15) is 41.1 Å². The van der Waals surface area contributed by atoms with Gasteiger partial charge in [0.25, 0.3) is 0 Å². The summed E-state index contributed by atoms with van der Waals surface area (Å²) in [6.07, 6.45) is 4.88. The summed E-state index contributed by atoms with van der Waals surface area (Å²) in [6.45, 7) is 8.48. The molecule has 1 aromatic carbocycles. The molecule has 1 aliphatic rings. The minimum Gasteiger partial charge on any atom is -0.369 e. The predicted octanol–water partition coefficient (Wildman–Crippen LogP) is 4.42. The van der Waals surface area contributed by atoms with Gasteiger partial charge in [0.1, 0.15) is 6.10 Å². The minimum absolute atomic E-state index is 0.000334. The first-order chi connectivity index (χ1) is 14.1. The van der Waals surface area contributed by atoms with Gasteiger partial charge >= 0.3 is 0 Å². The first kappa shape index (κ1) is 20.1. The second kappa shape index (κ2) is 9.08. The van der Waals surface area contributed by atoms with Crippen LogP contribution in [0.2, 0.25) is 5.02 Å². The molecule has 0 radical (unpaired) electrons. The molecule has 1 saturated heterocycles. The van der Waals surface area contributed by atoms with E-state index in [0.29, 0.717) is 6.61 Å². The van der Waals surface area contributed by atoms with E-state index in [2.05, 4.69) is 48.2 Å². The number of morpholine rings is 1. The van der Waals surface area contributed by atoms with E-state index in [1.54, 1.807) is 0 Å². The highest BCUT2D eigenvalue weighted by Crippen LogP contribution is 2.24. The van der Waals surface area contributed by atoms with Crippen LogP contribution in [0.25, 0.3) is 0 Å². The summed E-state index contributed by atoms with van der Waals surface area (Å²) < 4.78 is 8.02. The standard InChI is InChI=1S/C23H27ClN4O/c1-3-28-15-20(17(2)26-28)14-27-10-11-29-23(16-27)22-9-8-18(13-25-22)12-19-6-4-5-7-21(19)24/h4-9,13,15,23H,3,10-12,14,16H2,1-2H3/t23-/m1/s1. The molecule has 0 saturated carbocycles. The summed E-state index contributed by atoms with van der Waals surface area (Å²) in [5.41, 5.74) is 5.65. The molecule has 4 rings (SSSR count). The zero-order valence-electron chi connectivity index (χ0n) is 17.0. The first-order valence-corrected chi connectivity index (χ1v) is 10.5. The number of aryl methyl sites for hydroxylation is 2. The van der Waals surface area contributed by atoms with Gasteiger partial charge < -0.3 is 4.74 Å². The Kier molecular flexibility index (Phi) is 6.28. The molecule has 0 spiro atoms. The molecule has 1 fully saturated rings. The van der Waals surface area contributed by atoms with Crippen LogP contribution in [-0.2, 0) is 24.2 Å². The lowest BCUT2D eigenvalue weighted by Crippen LogP contribution is -2.38. The summed E-state index contributed by atoms with van der Waals surface area (Å²) in [5.74, 6) is 0. The van der Waals surface area contributed by atoms with Crippen molar-refractivity contribution in [3.63, 3.8) is 0 Å². The molecule has 0 N–H and O–H groups in total. The molecule has 29 heavy (non-hydrogen) atoms. The summed E-state index contributed by atoms with van der Waals surface area (Å²) in [5, 5.41) is 5.35. The molecule has 0 bridgehead atoms. The Morgan fingerprint density at radius 1 is 1.17 bits per heavy atom. The average molecular weight is 411 g/mol. The Morgan fingerprint density at radius 3 is 2.76 bits per heavy atom. The fourth-order valence-corrected chi connectivity index (χ4v) is 3.94. The van der Waals surface area contributed by atoms with Crippen molar-refractivity contribution in [2.24, 2.45) is 0 Å². The van der Waals surface area contributed by atoms with Gasteiger partial charge in [0.15, 0.2) is 0 Å². The van der Waals surface area contributed by atoms with Crippen molar-refractivity contribution in [1.29, 1.82) is 0 Å². The van der Waals surface area contributed by atoms with Crippen molar-refractivity contribution in [2.45, 2.75) is 39.5 Å². The topological polar surface area (TPSA) is 43.2 Å². The minimum atomic E-state index is -0.000334. The Balaban J connectivity index is 1.40. The monoisotopic (exact) mass is 410 g/mol. The molecular weight excluding hydrogens is 384 g/mol. The molecular formula is C23H27ClN4O. The number of rotatable bonds is 6. The Labute approximate surface area is 177 Å². The number of benzene rings is 1. The largest absolute Gasteiger partial charge is 0.369 e. The zero-order valence-corrected chi connectivity index (χ0v) is 17.8. The molecule has 5 nitrogen and oxygen atoms in total. The maximum absolute atomic E-state index is 6.28. The first-order valence-electron chi connectivity index (χ1n) is 10.2. The molecule has 1 aliphatic heterocycles. The van der Waals surface area contributed by atoms with Crippen LogP contribution in [0.5, 0.6) is 0 Å². The maximum atomic E-state index is 6.28. The van der Waals surface area contributed by atoms with Gasteiger partial charge in [0, 0.05) is 55.6 Å². The van der Waals surface area contributed by atoms with Crippen LogP contribution in [0.15, 0.2) is 48.8 Å². The predicted molar refractivity (Wildman–Crippen MR) is 115 cm³/mol. The van der Waals surface area contributed by atoms with Crippen molar-refractivity contribution in [3.05, 3.63) is 81.9 Å². The SMILES string of the molecule is CCn1cc(CN2CCO[C@@H](c3ccc(Cc4ccccc4Cl)cn3)C2)c(C)n1. The number of ether oxygens (including phenoxy) is 1. The highest BCUT2D eigenvalue weighted by Gasteiger charge is 2.24. The number of halogens is 1. The number of hydrogen-bond donors (Lipinski definition) is 0. The van der Waals surface area contributed by atoms with E-state index in [1.165, 1.54) is 5.56 Å². The van der Waals surface area contributed by atoms with E-state index in [0.717, 1.165) is 60.1 Å². The Hall–Kier alpha value is -2.21. The molecule has 6 heteroatoms. The van der Waals surface area contributed by atoms with E-state index >= 15 is 0 Å². The normalized spacial score (nSPS) is 17.6. The van der Waals surface area contributed by atoms with Gasteiger partial charge in [-0.25, -0.2) is 0 Å². The van der Waals surface area contributed by atoms with Crippen molar-refractivity contribution in [2.75, 3.05) is 19.7 Å². The van der Waals surface area contributed by atoms with Crippen LogP contribution in [0, 0.1) is 6.92 Å². The van der Waals surface area contributed by atoms with Crippen molar-refractivity contribution >= 4 is 11.6 Å². The van der Waals surface area contributed by atoms with Gasteiger partial charge in [-0.2, -0.15) is 5.10 Å². The third kappa shape index (κ3) is 4.86. The van der Waals surface area contributed by atoms with Gasteiger partial charge in [0.2, 0.25) is 0 Å². The van der Waals surface area contributed by atoms with Crippen LogP contribution < -0.4 is 0 Å². The summed E-state index contributed by atoms with van der Waals surface area (Å²) in [6, 6.07) is 12.2. The number of hydrogen-bond acceptors (Lipinski definition) is 4. The lowest BCUT2D eigenvalue weighted by molar-refractivity contribution is -0.0350. The van der Waals surface area contributed by atoms with E-state index in [9.17, 15) is 0 Å². The quantitative estimate of drug-likeness (QED) is 0.603. The second-order valence-electron chi connectivity index (χ2n) is 7.55. The van der Waals surface area contributed by atoms with Crippen LogP contribution in [0.3, 0.4) is 0 Å². The van der Waals surface area contributed by atoms with Gasteiger partial charge in [0.05, 0.1) is 18.0 Å². The van der Waals surface area contributed by atoms with E-state index in [-0.39, 0.29) is 6.10 Å². The molecule has 3 aromatic rings.